The van der Waals surface area contributed by atoms with Gasteiger partial charge in [0.25, 0.3) is 0 Å². The zero-order chi connectivity index (χ0) is 11.7. The third kappa shape index (κ3) is 1.56. The van der Waals surface area contributed by atoms with Crippen LogP contribution in [0.2, 0.25) is 0 Å². The van der Waals surface area contributed by atoms with Gasteiger partial charge in [-0.05, 0) is 26.0 Å². The Kier molecular flexibility index (Phi) is 2.64. The zero-order valence-electron chi connectivity index (χ0n) is 9.16. The van der Waals surface area contributed by atoms with Gasteiger partial charge in [0.15, 0.2) is 11.6 Å². The first kappa shape index (κ1) is 10.7. The highest BCUT2D eigenvalue weighted by molar-refractivity contribution is 5.88. The fraction of sp³-hybridized carbons (Fsp3) is 0.250. The van der Waals surface area contributed by atoms with E-state index in [-0.39, 0.29) is 5.75 Å². The molecule has 0 unspecified atom stereocenters. The van der Waals surface area contributed by atoms with Crippen molar-refractivity contribution in [1.29, 1.82) is 0 Å². The lowest BCUT2D eigenvalue weighted by Gasteiger charge is -2.05. The number of fused-ring (bicyclic) bond motifs is 1. The Morgan fingerprint density at radius 2 is 2.19 bits per heavy atom. The van der Waals surface area contributed by atoms with Crippen LogP contribution in [0.5, 0.6) is 5.75 Å². The van der Waals surface area contributed by atoms with Crippen LogP contribution in [0.25, 0.3) is 10.9 Å². The molecule has 0 aliphatic rings. The normalized spacial score (nSPS) is 10.7. The zero-order valence-corrected chi connectivity index (χ0v) is 9.16. The third-order valence-electron chi connectivity index (χ3n) is 2.49. The maximum absolute atomic E-state index is 13.6. The molecule has 1 aromatic heterocycles. The Morgan fingerprint density at radius 3 is 2.81 bits per heavy atom. The highest BCUT2D eigenvalue weighted by Gasteiger charge is 2.10. The van der Waals surface area contributed by atoms with Gasteiger partial charge in [-0.25, -0.2) is 4.39 Å². The van der Waals surface area contributed by atoms with Crippen molar-refractivity contribution in [1.82, 2.24) is 4.57 Å². The van der Waals surface area contributed by atoms with Crippen LogP contribution in [-0.2, 0) is 4.79 Å². The number of benzene rings is 1. The van der Waals surface area contributed by atoms with Crippen molar-refractivity contribution in [2.45, 2.75) is 13.8 Å². The molecule has 1 aromatic carbocycles. The number of carbonyl (C=O) groups excluding carboxylic acids is 1. The van der Waals surface area contributed by atoms with Gasteiger partial charge in [0.2, 0.25) is 6.41 Å². The summed E-state index contributed by atoms with van der Waals surface area (Å²) in [5, 5.41) is 0.800. The summed E-state index contributed by atoms with van der Waals surface area (Å²) >= 11 is 0. The second-order valence-electron chi connectivity index (χ2n) is 3.54. The Morgan fingerprint density at radius 1 is 1.44 bits per heavy atom. The Labute approximate surface area is 92.4 Å². The van der Waals surface area contributed by atoms with Gasteiger partial charge >= 0.3 is 0 Å². The van der Waals surface area contributed by atoms with Gasteiger partial charge in [0.05, 0.1) is 12.1 Å². The molecule has 0 radical (unpaired) electrons. The molecule has 0 saturated heterocycles. The number of aryl methyl sites for hydroxylation is 1. The summed E-state index contributed by atoms with van der Waals surface area (Å²) in [5.74, 6) is -0.228. The van der Waals surface area contributed by atoms with Crippen LogP contribution in [0, 0.1) is 12.7 Å². The van der Waals surface area contributed by atoms with E-state index < -0.39 is 5.82 Å². The second kappa shape index (κ2) is 3.96. The minimum Gasteiger partial charge on any atom is -0.491 e. The third-order valence-corrected chi connectivity index (χ3v) is 2.49. The van der Waals surface area contributed by atoms with Crippen LogP contribution >= 0.6 is 0 Å². The van der Waals surface area contributed by atoms with Gasteiger partial charge < -0.3 is 4.74 Å². The minimum absolute atomic E-state index is 0.220. The molecule has 0 aliphatic carbocycles. The average Bonchev–Trinajstić information content (AvgIpc) is 2.54. The highest BCUT2D eigenvalue weighted by atomic mass is 19.1. The average molecular weight is 221 g/mol. The molecule has 1 heterocycles. The van der Waals surface area contributed by atoms with Crippen LogP contribution in [0.1, 0.15) is 12.6 Å². The standard InChI is InChI=1S/C12H12FNO2/c1-3-16-12-5-9-4-8(2)14(7-15)11(9)6-10(12)13/h4-7H,3H2,1-2H3. The number of halogens is 1. The molecule has 3 nitrogen and oxygen atoms in total. The molecule has 4 heteroatoms. The SMILES string of the molecule is CCOc1cc2cc(C)n(C=O)c2cc1F. The summed E-state index contributed by atoms with van der Waals surface area (Å²) < 4.78 is 20.1. The molecule has 2 rings (SSSR count). The molecule has 0 bridgehead atoms. The molecule has 16 heavy (non-hydrogen) atoms. The molecule has 0 atom stereocenters. The molecule has 0 fully saturated rings. The molecular formula is C12H12FNO2. The van der Waals surface area contributed by atoms with Gasteiger partial charge in [-0.2, -0.15) is 0 Å². The van der Waals surface area contributed by atoms with Crippen LogP contribution < -0.4 is 4.74 Å². The van der Waals surface area contributed by atoms with E-state index >= 15 is 0 Å². The largest absolute Gasteiger partial charge is 0.491 e. The van der Waals surface area contributed by atoms with Gasteiger partial charge in [0.1, 0.15) is 0 Å². The van der Waals surface area contributed by atoms with Crippen molar-refractivity contribution in [3.8, 4) is 5.75 Å². The smallest absolute Gasteiger partial charge is 0.218 e. The lowest BCUT2D eigenvalue weighted by molar-refractivity contribution is 0.322. The number of nitrogens with zero attached hydrogens (tertiary/aromatic N) is 1. The highest BCUT2D eigenvalue weighted by Crippen LogP contribution is 2.26. The Hall–Kier alpha value is -1.84. The van der Waals surface area contributed by atoms with Gasteiger partial charge in [-0.15, -0.1) is 0 Å². The van der Waals surface area contributed by atoms with Crippen molar-refractivity contribution in [3.63, 3.8) is 0 Å². The Bertz CT molecular complexity index is 545. The van der Waals surface area contributed by atoms with Crippen molar-refractivity contribution in [2.24, 2.45) is 0 Å². The summed E-state index contributed by atoms with van der Waals surface area (Å²) in [7, 11) is 0. The van der Waals surface area contributed by atoms with E-state index in [1.165, 1.54) is 10.6 Å². The lowest BCUT2D eigenvalue weighted by atomic mass is 10.2. The Balaban J connectivity index is 2.68. The van der Waals surface area contributed by atoms with E-state index in [1.54, 1.807) is 19.9 Å². The van der Waals surface area contributed by atoms with Gasteiger partial charge in [-0.3, -0.25) is 9.36 Å². The minimum atomic E-state index is -0.449. The first-order valence-corrected chi connectivity index (χ1v) is 5.06. The molecule has 0 aliphatic heterocycles. The van der Waals surface area contributed by atoms with Crippen LogP contribution in [0.15, 0.2) is 18.2 Å². The predicted octanol–water partition coefficient (Wildman–Crippen LogP) is 2.53. The van der Waals surface area contributed by atoms with E-state index in [0.717, 1.165) is 11.1 Å². The van der Waals surface area contributed by atoms with E-state index in [2.05, 4.69) is 0 Å². The predicted molar refractivity (Wildman–Crippen MR) is 60.0 cm³/mol. The fourth-order valence-corrected chi connectivity index (χ4v) is 1.77. The monoisotopic (exact) mass is 221 g/mol. The van der Waals surface area contributed by atoms with E-state index in [4.69, 9.17) is 4.74 Å². The maximum atomic E-state index is 13.6. The number of aromatic nitrogens is 1. The van der Waals surface area contributed by atoms with Crippen LogP contribution in [0.4, 0.5) is 4.39 Å². The summed E-state index contributed by atoms with van der Waals surface area (Å²) in [4.78, 5) is 10.8. The molecule has 0 amide bonds. The summed E-state index contributed by atoms with van der Waals surface area (Å²) in [6.45, 7) is 4.01. The fourth-order valence-electron chi connectivity index (χ4n) is 1.77. The molecular weight excluding hydrogens is 209 g/mol. The molecule has 0 N–H and O–H groups in total. The first-order chi connectivity index (χ1) is 7.67. The van der Waals surface area contributed by atoms with Gasteiger partial charge in [-0.1, -0.05) is 0 Å². The summed E-state index contributed by atoms with van der Waals surface area (Å²) in [6, 6.07) is 4.76. The van der Waals surface area contributed by atoms with Crippen molar-refractivity contribution < 1.29 is 13.9 Å². The van der Waals surface area contributed by atoms with Crippen molar-refractivity contribution in [2.75, 3.05) is 6.61 Å². The molecule has 84 valence electrons. The first-order valence-electron chi connectivity index (χ1n) is 5.06. The number of carbonyl (C=O) groups is 1. The van der Waals surface area contributed by atoms with Crippen LogP contribution in [0.3, 0.4) is 0 Å². The lowest BCUT2D eigenvalue weighted by Crippen LogP contribution is -1.98. The number of hydrogen-bond donors (Lipinski definition) is 0. The number of rotatable bonds is 3. The van der Waals surface area contributed by atoms with Crippen molar-refractivity contribution >= 4 is 17.3 Å². The van der Waals surface area contributed by atoms with Crippen LogP contribution in [-0.4, -0.2) is 17.6 Å². The molecule has 0 saturated carbocycles. The van der Waals surface area contributed by atoms with E-state index in [0.29, 0.717) is 18.5 Å². The molecule has 0 spiro atoms. The maximum Gasteiger partial charge on any atom is 0.218 e. The topological polar surface area (TPSA) is 31.2 Å². The quantitative estimate of drug-likeness (QED) is 0.746. The van der Waals surface area contributed by atoms with Gasteiger partial charge in [0, 0.05) is 17.1 Å². The number of hydrogen-bond acceptors (Lipinski definition) is 2. The summed E-state index contributed by atoms with van der Waals surface area (Å²) in [6.07, 6.45) is 0.678. The summed E-state index contributed by atoms with van der Waals surface area (Å²) in [5.41, 5.74) is 1.34. The van der Waals surface area contributed by atoms with Crippen molar-refractivity contribution in [3.05, 3.63) is 29.7 Å². The van der Waals surface area contributed by atoms with E-state index in [9.17, 15) is 9.18 Å². The van der Waals surface area contributed by atoms with E-state index in [1.807, 2.05) is 6.07 Å². The number of ether oxygens (including phenoxy) is 1. The second-order valence-corrected chi connectivity index (χ2v) is 3.54. The molecule has 2 aromatic rings.